The third-order valence-electron chi connectivity index (χ3n) is 3.34. The van der Waals surface area contributed by atoms with Crippen LogP contribution in [0.3, 0.4) is 0 Å². The number of piperidine rings is 1. The number of nitrogens with zero attached hydrogens (tertiary/aromatic N) is 4. The molecule has 1 aromatic rings. The molecule has 0 aromatic carbocycles. The van der Waals surface area contributed by atoms with E-state index in [0.29, 0.717) is 18.4 Å². The second kappa shape index (κ2) is 5.63. The van der Waals surface area contributed by atoms with Crippen LogP contribution in [0.5, 0.6) is 0 Å². The van der Waals surface area contributed by atoms with Crippen LogP contribution in [0.15, 0.2) is 12.3 Å². The summed E-state index contributed by atoms with van der Waals surface area (Å²) in [6.07, 6.45) is 3.43. The standard InChI is InChI=1S/C12H15N5O2/c1-14-10-3-2-6-16(8-10)12-11(17(18)19)9(7-13)4-5-15-12/h4-5,10,14H,2-3,6,8H2,1H3. The molecule has 1 unspecified atom stereocenters. The molecule has 0 spiro atoms. The van der Waals surface area contributed by atoms with Crippen molar-refractivity contribution in [2.45, 2.75) is 18.9 Å². The van der Waals surface area contributed by atoms with Gasteiger partial charge in [-0.2, -0.15) is 5.26 Å². The molecule has 1 atom stereocenters. The van der Waals surface area contributed by atoms with Crippen molar-refractivity contribution in [3.63, 3.8) is 0 Å². The molecule has 19 heavy (non-hydrogen) atoms. The lowest BCUT2D eigenvalue weighted by atomic mass is 10.1. The number of nitriles is 1. The Morgan fingerprint density at radius 3 is 3.11 bits per heavy atom. The quantitative estimate of drug-likeness (QED) is 0.645. The van der Waals surface area contributed by atoms with Gasteiger partial charge in [-0.25, -0.2) is 4.98 Å². The lowest BCUT2D eigenvalue weighted by Gasteiger charge is -2.33. The zero-order valence-electron chi connectivity index (χ0n) is 10.7. The lowest BCUT2D eigenvalue weighted by Crippen LogP contribution is -2.45. The van der Waals surface area contributed by atoms with Gasteiger partial charge in [0.25, 0.3) is 0 Å². The molecule has 2 heterocycles. The van der Waals surface area contributed by atoms with Crippen molar-refractivity contribution < 1.29 is 4.92 Å². The van der Waals surface area contributed by atoms with E-state index in [1.165, 1.54) is 12.3 Å². The number of nitrogens with one attached hydrogen (secondary N) is 1. The van der Waals surface area contributed by atoms with Gasteiger partial charge in [0.15, 0.2) is 0 Å². The average Bonchev–Trinajstić information content (AvgIpc) is 2.46. The summed E-state index contributed by atoms with van der Waals surface area (Å²) >= 11 is 0. The van der Waals surface area contributed by atoms with Crippen molar-refractivity contribution in [1.29, 1.82) is 5.26 Å². The second-order valence-electron chi connectivity index (χ2n) is 4.47. The molecule has 1 fully saturated rings. The molecule has 1 aromatic heterocycles. The van der Waals surface area contributed by atoms with Crippen LogP contribution < -0.4 is 10.2 Å². The minimum Gasteiger partial charge on any atom is -0.349 e. The second-order valence-corrected chi connectivity index (χ2v) is 4.47. The minimum atomic E-state index is -0.524. The largest absolute Gasteiger partial charge is 0.349 e. The number of rotatable bonds is 3. The van der Waals surface area contributed by atoms with Gasteiger partial charge in [-0.05, 0) is 26.0 Å². The number of likely N-dealkylation sites (N-methyl/N-ethyl adjacent to an activating group) is 1. The van der Waals surface area contributed by atoms with E-state index in [1.54, 1.807) is 0 Å². The molecule has 0 amide bonds. The number of aromatic nitrogens is 1. The molecule has 7 nitrogen and oxygen atoms in total. The summed E-state index contributed by atoms with van der Waals surface area (Å²) in [5, 5.41) is 23.3. The van der Waals surface area contributed by atoms with Gasteiger partial charge in [-0.3, -0.25) is 10.1 Å². The maximum atomic E-state index is 11.2. The molecule has 1 aliphatic heterocycles. The van der Waals surface area contributed by atoms with Crippen LogP contribution in [0.4, 0.5) is 11.5 Å². The van der Waals surface area contributed by atoms with Gasteiger partial charge in [0.2, 0.25) is 5.82 Å². The Kier molecular flexibility index (Phi) is 3.92. The van der Waals surface area contributed by atoms with Gasteiger partial charge in [0.05, 0.1) is 4.92 Å². The zero-order chi connectivity index (χ0) is 13.8. The van der Waals surface area contributed by atoms with Crippen LogP contribution in [-0.2, 0) is 0 Å². The van der Waals surface area contributed by atoms with Crippen molar-refractivity contribution in [2.75, 3.05) is 25.0 Å². The normalized spacial score (nSPS) is 18.9. The minimum absolute atomic E-state index is 0.0570. The fraction of sp³-hybridized carbons (Fsp3) is 0.500. The first-order valence-electron chi connectivity index (χ1n) is 6.13. The Morgan fingerprint density at radius 2 is 2.47 bits per heavy atom. The van der Waals surface area contributed by atoms with Crippen LogP contribution >= 0.6 is 0 Å². The fourth-order valence-electron chi connectivity index (χ4n) is 2.35. The number of pyridine rings is 1. The van der Waals surface area contributed by atoms with Crippen LogP contribution in [0.1, 0.15) is 18.4 Å². The summed E-state index contributed by atoms with van der Waals surface area (Å²) < 4.78 is 0. The van der Waals surface area contributed by atoms with E-state index in [4.69, 9.17) is 5.26 Å². The molecule has 0 aliphatic carbocycles. The topological polar surface area (TPSA) is 95.1 Å². The highest BCUT2D eigenvalue weighted by atomic mass is 16.6. The molecule has 7 heteroatoms. The van der Waals surface area contributed by atoms with E-state index in [2.05, 4.69) is 10.3 Å². The van der Waals surface area contributed by atoms with E-state index >= 15 is 0 Å². The summed E-state index contributed by atoms with van der Waals surface area (Å²) in [5.41, 5.74) is -0.136. The summed E-state index contributed by atoms with van der Waals surface area (Å²) in [4.78, 5) is 16.6. The molecule has 1 saturated heterocycles. The van der Waals surface area contributed by atoms with Gasteiger partial charge in [-0.1, -0.05) is 0 Å². The maximum Gasteiger partial charge on any atom is 0.329 e. The SMILES string of the molecule is CNC1CCCN(c2nccc(C#N)c2[N+](=O)[O-])C1. The summed E-state index contributed by atoms with van der Waals surface area (Å²) in [6.45, 7) is 1.39. The van der Waals surface area contributed by atoms with Gasteiger partial charge < -0.3 is 10.2 Å². The summed E-state index contributed by atoms with van der Waals surface area (Å²) in [7, 11) is 1.88. The Bertz CT molecular complexity index is 525. The smallest absolute Gasteiger partial charge is 0.329 e. The maximum absolute atomic E-state index is 11.2. The van der Waals surface area contributed by atoms with Crippen molar-refractivity contribution in [2.24, 2.45) is 0 Å². The van der Waals surface area contributed by atoms with Crippen molar-refractivity contribution in [1.82, 2.24) is 10.3 Å². The zero-order valence-corrected chi connectivity index (χ0v) is 10.7. The molecule has 1 aliphatic rings. The third kappa shape index (κ3) is 2.63. The highest BCUT2D eigenvalue weighted by Gasteiger charge is 2.28. The van der Waals surface area contributed by atoms with Gasteiger partial charge in [0.1, 0.15) is 11.6 Å². The van der Waals surface area contributed by atoms with E-state index in [1.807, 2.05) is 18.0 Å². The Labute approximate surface area is 111 Å². The molecule has 0 bridgehead atoms. The lowest BCUT2D eigenvalue weighted by molar-refractivity contribution is -0.384. The van der Waals surface area contributed by atoms with Crippen LogP contribution in [0.2, 0.25) is 0 Å². The molecular weight excluding hydrogens is 246 g/mol. The summed E-state index contributed by atoms with van der Waals surface area (Å²) in [5.74, 6) is 0.295. The average molecular weight is 261 g/mol. The first-order chi connectivity index (χ1) is 9.17. The molecule has 0 saturated carbocycles. The Morgan fingerprint density at radius 1 is 1.68 bits per heavy atom. The fourth-order valence-corrected chi connectivity index (χ4v) is 2.35. The predicted octanol–water partition coefficient (Wildman–Crippen LogP) is 1.05. The first-order valence-corrected chi connectivity index (χ1v) is 6.13. The van der Waals surface area contributed by atoms with Gasteiger partial charge in [-0.15, -0.1) is 0 Å². The van der Waals surface area contributed by atoms with E-state index in [0.717, 1.165) is 19.4 Å². The van der Waals surface area contributed by atoms with Crippen LogP contribution in [-0.4, -0.2) is 36.1 Å². The monoisotopic (exact) mass is 261 g/mol. The molecule has 2 rings (SSSR count). The van der Waals surface area contributed by atoms with Crippen LogP contribution in [0.25, 0.3) is 0 Å². The first kappa shape index (κ1) is 13.2. The van der Waals surface area contributed by atoms with E-state index in [-0.39, 0.29) is 11.3 Å². The molecule has 100 valence electrons. The molecule has 1 N–H and O–H groups in total. The van der Waals surface area contributed by atoms with Gasteiger partial charge >= 0.3 is 5.69 Å². The molecule has 0 radical (unpaired) electrons. The number of nitro groups is 1. The van der Waals surface area contributed by atoms with Crippen LogP contribution in [0, 0.1) is 21.4 Å². The Balaban J connectivity index is 2.39. The Hall–Kier alpha value is -2.20. The number of hydrogen-bond acceptors (Lipinski definition) is 6. The van der Waals surface area contributed by atoms with Gasteiger partial charge in [0, 0.05) is 25.3 Å². The highest BCUT2D eigenvalue weighted by Crippen LogP contribution is 2.30. The summed E-state index contributed by atoms with van der Waals surface area (Å²) in [6, 6.07) is 3.53. The number of anilines is 1. The number of hydrogen-bond donors (Lipinski definition) is 1. The van der Waals surface area contributed by atoms with E-state index < -0.39 is 4.92 Å². The van der Waals surface area contributed by atoms with Crippen molar-refractivity contribution in [3.8, 4) is 6.07 Å². The highest BCUT2D eigenvalue weighted by molar-refractivity contribution is 5.65. The molecular formula is C12H15N5O2. The van der Waals surface area contributed by atoms with E-state index in [9.17, 15) is 10.1 Å². The predicted molar refractivity (Wildman–Crippen MR) is 69.9 cm³/mol. The van der Waals surface area contributed by atoms with Crippen molar-refractivity contribution >= 4 is 11.5 Å². The van der Waals surface area contributed by atoms with Crippen molar-refractivity contribution in [3.05, 3.63) is 27.9 Å². The third-order valence-corrected chi connectivity index (χ3v) is 3.34.